The largest absolute Gasteiger partial charge is 0.399 e. The highest BCUT2D eigenvalue weighted by molar-refractivity contribution is 7.17. The van der Waals surface area contributed by atoms with Crippen molar-refractivity contribution in [2.24, 2.45) is 0 Å². The van der Waals surface area contributed by atoms with Crippen molar-refractivity contribution in [3.05, 3.63) is 41.5 Å². The van der Waals surface area contributed by atoms with E-state index in [1.165, 1.54) is 0 Å². The molecule has 0 atom stereocenters. The lowest BCUT2D eigenvalue weighted by Crippen LogP contribution is -1.92. The van der Waals surface area contributed by atoms with Gasteiger partial charge in [-0.25, -0.2) is 9.97 Å². The number of hydrogen-bond acceptors (Lipinski definition) is 4. The summed E-state index contributed by atoms with van der Waals surface area (Å²) in [5.41, 5.74) is 9.54. The van der Waals surface area contributed by atoms with Crippen LogP contribution in [0.3, 0.4) is 0 Å². The van der Waals surface area contributed by atoms with E-state index >= 15 is 0 Å². The average molecular weight is 241 g/mol. The number of nitrogens with two attached hydrogens (primary N) is 1. The number of aryl methyl sites for hydroxylation is 1. The number of benzene rings is 1. The van der Waals surface area contributed by atoms with E-state index in [2.05, 4.69) is 9.97 Å². The van der Waals surface area contributed by atoms with Crippen molar-refractivity contribution in [1.29, 1.82) is 0 Å². The summed E-state index contributed by atoms with van der Waals surface area (Å²) in [5.74, 6) is 0.794. The number of nitrogen functional groups attached to an aromatic ring is 1. The first-order chi connectivity index (χ1) is 8.24. The number of rotatable bonds is 1. The van der Waals surface area contributed by atoms with Crippen LogP contribution in [0.25, 0.3) is 21.5 Å². The molecule has 0 saturated carbocycles. The zero-order chi connectivity index (χ0) is 11.8. The zero-order valence-electron chi connectivity index (χ0n) is 9.34. The summed E-state index contributed by atoms with van der Waals surface area (Å²) in [6, 6.07) is 9.81. The van der Waals surface area contributed by atoms with Gasteiger partial charge in [0.1, 0.15) is 5.82 Å². The van der Waals surface area contributed by atoms with E-state index in [0.717, 1.165) is 33.0 Å². The van der Waals surface area contributed by atoms with E-state index in [1.807, 2.05) is 42.6 Å². The molecule has 3 aromatic rings. The van der Waals surface area contributed by atoms with Gasteiger partial charge in [0.15, 0.2) is 0 Å². The van der Waals surface area contributed by atoms with Crippen LogP contribution in [0.15, 0.2) is 35.7 Å². The summed E-state index contributed by atoms with van der Waals surface area (Å²) in [6.45, 7) is 1.91. The van der Waals surface area contributed by atoms with Crippen molar-refractivity contribution in [2.45, 2.75) is 6.92 Å². The average Bonchev–Trinajstić information content (AvgIpc) is 2.77. The minimum Gasteiger partial charge on any atom is -0.399 e. The van der Waals surface area contributed by atoms with Crippen molar-refractivity contribution in [2.75, 3.05) is 5.73 Å². The van der Waals surface area contributed by atoms with Gasteiger partial charge in [-0.1, -0.05) is 12.1 Å². The first-order valence-electron chi connectivity index (χ1n) is 5.32. The van der Waals surface area contributed by atoms with E-state index < -0.39 is 0 Å². The fourth-order valence-corrected chi connectivity index (χ4v) is 2.66. The Hall–Kier alpha value is -1.94. The summed E-state index contributed by atoms with van der Waals surface area (Å²) in [5, 5.41) is 2.04. The molecule has 0 spiro atoms. The van der Waals surface area contributed by atoms with E-state index in [-0.39, 0.29) is 0 Å². The van der Waals surface area contributed by atoms with E-state index in [4.69, 9.17) is 5.73 Å². The zero-order valence-corrected chi connectivity index (χ0v) is 10.2. The lowest BCUT2D eigenvalue weighted by Gasteiger charge is -2.04. The lowest BCUT2D eigenvalue weighted by atomic mass is 10.1. The molecular weight excluding hydrogens is 230 g/mol. The third kappa shape index (κ3) is 1.76. The molecule has 2 aromatic heterocycles. The molecule has 0 bridgehead atoms. The molecule has 1 aromatic carbocycles. The summed E-state index contributed by atoms with van der Waals surface area (Å²) >= 11 is 1.67. The van der Waals surface area contributed by atoms with Crippen molar-refractivity contribution >= 4 is 27.2 Å². The third-order valence-corrected chi connectivity index (χ3v) is 3.51. The lowest BCUT2D eigenvalue weighted by molar-refractivity contribution is 1.10. The van der Waals surface area contributed by atoms with Gasteiger partial charge in [0.25, 0.3) is 0 Å². The summed E-state index contributed by atoms with van der Waals surface area (Å²) in [7, 11) is 0. The molecule has 2 N–H and O–H groups in total. The number of hydrogen-bond donors (Lipinski definition) is 1. The summed E-state index contributed by atoms with van der Waals surface area (Å²) in [4.78, 5) is 8.95. The Morgan fingerprint density at radius 3 is 2.59 bits per heavy atom. The number of thiophene rings is 1. The predicted octanol–water partition coefficient (Wildman–Crippen LogP) is 3.25. The van der Waals surface area contributed by atoms with E-state index in [1.54, 1.807) is 11.3 Å². The number of fused-ring (bicyclic) bond motifs is 1. The first-order valence-corrected chi connectivity index (χ1v) is 6.20. The van der Waals surface area contributed by atoms with Gasteiger partial charge in [-0.05, 0) is 30.5 Å². The first kappa shape index (κ1) is 10.2. The Morgan fingerprint density at radius 1 is 1.06 bits per heavy atom. The molecule has 17 heavy (non-hydrogen) atoms. The Morgan fingerprint density at radius 2 is 1.82 bits per heavy atom. The highest BCUT2D eigenvalue weighted by atomic mass is 32.1. The molecular formula is C13H11N3S. The molecule has 0 radical (unpaired) electrons. The molecule has 2 heterocycles. The number of aromatic nitrogens is 2. The molecule has 84 valence electrons. The second kappa shape index (κ2) is 3.82. The van der Waals surface area contributed by atoms with Crippen LogP contribution in [0, 0.1) is 6.92 Å². The van der Waals surface area contributed by atoms with Gasteiger partial charge in [-0.3, -0.25) is 0 Å². The Labute approximate surface area is 103 Å². The predicted molar refractivity (Wildman–Crippen MR) is 72.0 cm³/mol. The van der Waals surface area contributed by atoms with Gasteiger partial charge in [-0.2, -0.15) is 0 Å². The fourth-order valence-electron chi connectivity index (χ4n) is 1.82. The van der Waals surface area contributed by atoms with Crippen LogP contribution in [-0.2, 0) is 0 Å². The van der Waals surface area contributed by atoms with Crippen molar-refractivity contribution in [3.8, 4) is 11.3 Å². The second-order valence-electron chi connectivity index (χ2n) is 3.88. The molecule has 0 aliphatic carbocycles. The Bertz CT molecular complexity index is 671. The maximum Gasteiger partial charge on any atom is 0.126 e. The van der Waals surface area contributed by atoms with Crippen LogP contribution in [0.4, 0.5) is 5.69 Å². The quantitative estimate of drug-likeness (QED) is 0.665. The van der Waals surface area contributed by atoms with E-state index in [9.17, 15) is 0 Å². The van der Waals surface area contributed by atoms with Crippen molar-refractivity contribution in [1.82, 2.24) is 9.97 Å². The van der Waals surface area contributed by atoms with E-state index in [0.29, 0.717) is 0 Å². The normalized spacial score (nSPS) is 10.9. The van der Waals surface area contributed by atoms with Gasteiger partial charge >= 0.3 is 0 Å². The number of anilines is 1. The van der Waals surface area contributed by atoms with Crippen molar-refractivity contribution < 1.29 is 0 Å². The molecule has 0 unspecified atom stereocenters. The Balaban J connectivity index is 2.28. The van der Waals surface area contributed by atoms with Crippen molar-refractivity contribution in [3.63, 3.8) is 0 Å². The maximum atomic E-state index is 5.70. The molecule has 0 saturated heterocycles. The molecule has 0 aliphatic rings. The van der Waals surface area contributed by atoms with Gasteiger partial charge < -0.3 is 5.73 Å². The molecule has 0 fully saturated rings. The summed E-state index contributed by atoms with van der Waals surface area (Å²) < 4.78 is 1.13. The topological polar surface area (TPSA) is 51.8 Å². The third-order valence-electron chi connectivity index (χ3n) is 2.60. The van der Waals surface area contributed by atoms with Gasteiger partial charge in [0.05, 0.1) is 15.9 Å². The molecule has 3 rings (SSSR count). The highest BCUT2D eigenvalue weighted by Crippen LogP contribution is 2.30. The Kier molecular flexibility index (Phi) is 2.30. The maximum absolute atomic E-state index is 5.70. The van der Waals surface area contributed by atoms with Gasteiger partial charge in [0.2, 0.25) is 0 Å². The number of nitrogens with zero attached hydrogens (tertiary/aromatic N) is 2. The molecule has 0 amide bonds. The minimum absolute atomic E-state index is 0.766. The standard InChI is InChI=1S/C13H11N3S/c1-8-15-11-6-7-17-13(11)12(16-8)9-2-4-10(14)5-3-9/h2-7H,14H2,1H3. The second-order valence-corrected chi connectivity index (χ2v) is 4.79. The van der Waals surface area contributed by atoms with Crippen LogP contribution in [0.2, 0.25) is 0 Å². The molecule has 0 aliphatic heterocycles. The minimum atomic E-state index is 0.766. The monoisotopic (exact) mass is 241 g/mol. The molecule has 4 heteroatoms. The summed E-state index contributed by atoms with van der Waals surface area (Å²) in [6.07, 6.45) is 0. The molecule has 3 nitrogen and oxygen atoms in total. The SMILES string of the molecule is Cc1nc(-c2ccc(N)cc2)c2sccc2n1. The van der Waals surface area contributed by atoms with Crippen LogP contribution in [-0.4, -0.2) is 9.97 Å². The van der Waals surface area contributed by atoms with Gasteiger partial charge in [-0.15, -0.1) is 11.3 Å². The van der Waals surface area contributed by atoms with Crippen LogP contribution >= 0.6 is 11.3 Å². The van der Waals surface area contributed by atoms with Crippen LogP contribution in [0.1, 0.15) is 5.82 Å². The van der Waals surface area contributed by atoms with Crippen LogP contribution < -0.4 is 5.73 Å². The fraction of sp³-hybridized carbons (Fsp3) is 0.0769. The van der Waals surface area contributed by atoms with Crippen LogP contribution in [0.5, 0.6) is 0 Å². The smallest absolute Gasteiger partial charge is 0.126 e. The van der Waals surface area contributed by atoms with Gasteiger partial charge in [0, 0.05) is 11.3 Å². The highest BCUT2D eigenvalue weighted by Gasteiger charge is 2.08.